The van der Waals surface area contributed by atoms with Gasteiger partial charge in [0.15, 0.2) is 0 Å². The molecule has 136 valence electrons. The van der Waals surface area contributed by atoms with Crippen molar-refractivity contribution in [3.63, 3.8) is 0 Å². The molecule has 0 unspecified atom stereocenters. The van der Waals surface area contributed by atoms with Crippen molar-refractivity contribution in [3.05, 3.63) is 35.4 Å². The van der Waals surface area contributed by atoms with Crippen molar-refractivity contribution in [3.8, 4) is 6.07 Å². The predicted molar refractivity (Wildman–Crippen MR) is 91.8 cm³/mol. The van der Waals surface area contributed by atoms with Crippen molar-refractivity contribution in [2.24, 2.45) is 0 Å². The number of ether oxygens (including phenoxy) is 1. The highest BCUT2D eigenvalue weighted by atomic mass is 16.5. The molecule has 0 atom stereocenters. The molecule has 7 heteroatoms. The third-order valence-electron chi connectivity index (χ3n) is 4.88. The van der Waals surface area contributed by atoms with Crippen LogP contribution in [0.15, 0.2) is 24.3 Å². The summed E-state index contributed by atoms with van der Waals surface area (Å²) in [4.78, 5) is 39.3. The molecule has 0 aliphatic carbocycles. The van der Waals surface area contributed by atoms with E-state index in [2.05, 4.69) is 6.07 Å². The number of amides is 3. The van der Waals surface area contributed by atoms with E-state index < -0.39 is 0 Å². The molecule has 2 saturated heterocycles. The Bertz CT molecular complexity index is 714. The lowest BCUT2D eigenvalue weighted by Crippen LogP contribution is -2.55. The SMILES string of the molecule is N#Cc1ccc(CCC(=O)N2CCC(N3C(=O)COCC3=O)CC2)cc1. The second-order valence-electron chi connectivity index (χ2n) is 6.57. The summed E-state index contributed by atoms with van der Waals surface area (Å²) in [7, 11) is 0. The van der Waals surface area contributed by atoms with Crippen molar-refractivity contribution >= 4 is 17.7 Å². The Morgan fingerprint density at radius 2 is 1.73 bits per heavy atom. The number of carbonyl (C=O) groups excluding carboxylic acids is 3. The van der Waals surface area contributed by atoms with Crippen LogP contribution in [0.4, 0.5) is 0 Å². The fraction of sp³-hybridized carbons (Fsp3) is 0.474. The van der Waals surface area contributed by atoms with Crippen LogP contribution in [0.3, 0.4) is 0 Å². The van der Waals surface area contributed by atoms with Gasteiger partial charge in [0, 0.05) is 25.6 Å². The molecule has 1 aromatic rings. The van der Waals surface area contributed by atoms with E-state index in [0.29, 0.717) is 44.3 Å². The van der Waals surface area contributed by atoms with Crippen LogP contribution in [0.1, 0.15) is 30.4 Å². The molecule has 26 heavy (non-hydrogen) atoms. The van der Waals surface area contributed by atoms with E-state index in [4.69, 9.17) is 10.00 Å². The van der Waals surface area contributed by atoms with Crippen LogP contribution in [0.25, 0.3) is 0 Å². The van der Waals surface area contributed by atoms with Gasteiger partial charge in [-0.1, -0.05) is 12.1 Å². The molecule has 2 heterocycles. The Labute approximate surface area is 152 Å². The number of nitriles is 1. The molecule has 7 nitrogen and oxygen atoms in total. The third-order valence-corrected chi connectivity index (χ3v) is 4.88. The van der Waals surface area contributed by atoms with Gasteiger partial charge in [0.2, 0.25) is 5.91 Å². The van der Waals surface area contributed by atoms with Gasteiger partial charge in [0.05, 0.1) is 11.6 Å². The molecular weight excluding hydrogens is 334 g/mol. The summed E-state index contributed by atoms with van der Waals surface area (Å²) in [6.07, 6.45) is 2.26. The number of benzene rings is 1. The molecule has 0 N–H and O–H groups in total. The summed E-state index contributed by atoms with van der Waals surface area (Å²) < 4.78 is 4.94. The highest BCUT2D eigenvalue weighted by Gasteiger charge is 2.35. The normalized spacial score (nSPS) is 18.7. The highest BCUT2D eigenvalue weighted by Crippen LogP contribution is 2.20. The molecule has 0 spiro atoms. The quantitative estimate of drug-likeness (QED) is 0.748. The highest BCUT2D eigenvalue weighted by molar-refractivity contribution is 5.98. The number of piperidine rings is 1. The van der Waals surface area contributed by atoms with Crippen LogP contribution in [0, 0.1) is 11.3 Å². The topological polar surface area (TPSA) is 90.7 Å². The summed E-state index contributed by atoms with van der Waals surface area (Å²) in [5, 5.41) is 8.80. The maximum atomic E-state index is 12.4. The van der Waals surface area contributed by atoms with Crippen LogP contribution < -0.4 is 0 Å². The summed E-state index contributed by atoms with van der Waals surface area (Å²) in [6, 6.07) is 9.18. The van der Waals surface area contributed by atoms with E-state index in [-0.39, 0.29) is 37.0 Å². The molecule has 0 radical (unpaired) electrons. The Morgan fingerprint density at radius 1 is 1.12 bits per heavy atom. The maximum Gasteiger partial charge on any atom is 0.255 e. The first kappa shape index (κ1) is 18.1. The molecule has 0 aromatic heterocycles. The van der Waals surface area contributed by atoms with Gasteiger partial charge in [-0.2, -0.15) is 5.26 Å². The average molecular weight is 355 g/mol. The summed E-state index contributed by atoms with van der Waals surface area (Å²) in [5.41, 5.74) is 1.63. The zero-order chi connectivity index (χ0) is 18.5. The second-order valence-corrected chi connectivity index (χ2v) is 6.57. The van der Waals surface area contributed by atoms with E-state index in [0.717, 1.165) is 5.56 Å². The van der Waals surface area contributed by atoms with E-state index in [9.17, 15) is 14.4 Å². The Balaban J connectivity index is 1.48. The van der Waals surface area contributed by atoms with Crippen LogP contribution in [-0.2, 0) is 25.5 Å². The minimum atomic E-state index is -0.285. The van der Waals surface area contributed by atoms with E-state index in [1.807, 2.05) is 12.1 Å². The van der Waals surface area contributed by atoms with E-state index in [1.165, 1.54) is 4.90 Å². The molecule has 1 aromatic carbocycles. The van der Waals surface area contributed by atoms with Crippen LogP contribution in [-0.4, -0.2) is 59.9 Å². The molecule has 0 bridgehead atoms. The molecule has 3 amide bonds. The number of rotatable bonds is 4. The lowest BCUT2D eigenvalue weighted by Gasteiger charge is -2.38. The summed E-state index contributed by atoms with van der Waals surface area (Å²) in [6.45, 7) is 1.01. The summed E-state index contributed by atoms with van der Waals surface area (Å²) >= 11 is 0. The molecule has 2 aliphatic rings. The maximum absolute atomic E-state index is 12.4. The number of nitrogens with zero attached hydrogens (tertiary/aromatic N) is 3. The Morgan fingerprint density at radius 3 is 2.31 bits per heavy atom. The zero-order valence-electron chi connectivity index (χ0n) is 14.5. The third kappa shape index (κ3) is 4.09. The number of imide groups is 1. The first-order valence-electron chi connectivity index (χ1n) is 8.78. The smallest absolute Gasteiger partial charge is 0.255 e. The van der Waals surface area contributed by atoms with Gasteiger partial charge >= 0.3 is 0 Å². The van der Waals surface area contributed by atoms with Crippen molar-refractivity contribution in [1.29, 1.82) is 5.26 Å². The number of morpholine rings is 1. The van der Waals surface area contributed by atoms with Gasteiger partial charge in [-0.15, -0.1) is 0 Å². The van der Waals surface area contributed by atoms with Gasteiger partial charge in [0.1, 0.15) is 13.2 Å². The van der Waals surface area contributed by atoms with Gasteiger partial charge in [0.25, 0.3) is 11.8 Å². The zero-order valence-corrected chi connectivity index (χ0v) is 14.5. The van der Waals surface area contributed by atoms with Crippen molar-refractivity contribution in [2.75, 3.05) is 26.3 Å². The largest absolute Gasteiger partial charge is 0.362 e. The number of carbonyl (C=O) groups is 3. The minimum Gasteiger partial charge on any atom is -0.362 e. The predicted octanol–water partition coefficient (Wildman–Crippen LogP) is 0.867. The fourth-order valence-corrected chi connectivity index (χ4v) is 3.44. The van der Waals surface area contributed by atoms with Gasteiger partial charge < -0.3 is 9.64 Å². The van der Waals surface area contributed by atoms with Crippen LogP contribution >= 0.6 is 0 Å². The summed E-state index contributed by atoms with van der Waals surface area (Å²) in [5.74, 6) is -0.494. The van der Waals surface area contributed by atoms with Crippen molar-refractivity contribution in [1.82, 2.24) is 9.80 Å². The molecule has 2 fully saturated rings. The first-order valence-corrected chi connectivity index (χ1v) is 8.78. The monoisotopic (exact) mass is 355 g/mol. The first-order chi connectivity index (χ1) is 12.6. The van der Waals surface area contributed by atoms with Crippen molar-refractivity contribution in [2.45, 2.75) is 31.7 Å². The molecule has 0 saturated carbocycles. The van der Waals surface area contributed by atoms with Crippen molar-refractivity contribution < 1.29 is 19.1 Å². The lowest BCUT2D eigenvalue weighted by atomic mass is 10.0. The van der Waals surface area contributed by atoms with Crippen LogP contribution in [0.5, 0.6) is 0 Å². The Hall–Kier alpha value is -2.72. The molecular formula is C19H21N3O4. The fourth-order valence-electron chi connectivity index (χ4n) is 3.44. The minimum absolute atomic E-state index is 0.0462. The Kier molecular flexibility index (Phi) is 5.64. The van der Waals surface area contributed by atoms with Gasteiger partial charge in [-0.3, -0.25) is 19.3 Å². The lowest BCUT2D eigenvalue weighted by molar-refractivity contribution is -0.162. The van der Waals surface area contributed by atoms with E-state index in [1.54, 1.807) is 17.0 Å². The number of hydrogen-bond donors (Lipinski definition) is 0. The van der Waals surface area contributed by atoms with Gasteiger partial charge in [-0.25, -0.2) is 0 Å². The standard InChI is InChI=1S/C19H21N3O4/c20-11-15-3-1-14(2-4-15)5-6-17(23)21-9-7-16(8-10-21)22-18(24)12-26-13-19(22)25/h1-4,16H,5-10,12-13H2. The van der Waals surface area contributed by atoms with Gasteiger partial charge in [-0.05, 0) is 37.0 Å². The number of hydrogen-bond acceptors (Lipinski definition) is 5. The number of aryl methyl sites for hydroxylation is 1. The van der Waals surface area contributed by atoms with E-state index >= 15 is 0 Å². The second kappa shape index (κ2) is 8.11. The van der Waals surface area contributed by atoms with Crippen LogP contribution in [0.2, 0.25) is 0 Å². The molecule has 3 rings (SSSR count). The number of likely N-dealkylation sites (tertiary alicyclic amines) is 1. The average Bonchev–Trinajstić information content (AvgIpc) is 2.67. The molecule has 2 aliphatic heterocycles.